The van der Waals surface area contributed by atoms with E-state index >= 15 is 0 Å². The highest BCUT2D eigenvalue weighted by Crippen LogP contribution is 2.52. The van der Waals surface area contributed by atoms with E-state index in [9.17, 15) is 0 Å². The lowest BCUT2D eigenvalue weighted by atomic mass is 9.57. The summed E-state index contributed by atoms with van der Waals surface area (Å²) < 4.78 is 0. The zero-order valence-electron chi connectivity index (χ0n) is 9.81. The van der Waals surface area contributed by atoms with Crippen molar-refractivity contribution in [2.45, 2.75) is 70.8 Å². The van der Waals surface area contributed by atoms with Gasteiger partial charge in [0, 0.05) is 5.54 Å². The zero-order chi connectivity index (χ0) is 10.2. The Bertz CT molecular complexity index is 213. The fourth-order valence-corrected chi connectivity index (χ4v) is 4.24. The lowest BCUT2D eigenvalue weighted by molar-refractivity contribution is 0.0351. The molecule has 3 atom stereocenters. The Kier molecular flexibility index (Phi) is 2.63. The predicted molar refractivity (Wildman–Crippen MR) is 61.1 cm³/mol. The second-order valence-corrected chi connectivity index (χ2v) is 6.27. The van der Waals surface area contributed by atoms with Crippen LogP contribution in [0.1, 0.15) is 65.2 Å². The molecule has 2 saturated carbocycles. The monoisotopic (exact) mass is 195 g/mol. The summed E-state index contributed by atoms with van der Waals surface area (Å²) in [7, 11) is 0. The van der Waals surface area contributed by atoms with Crippen LogP contribution < -0.4 is 5.73 Å². The summed E-state index contributed by atoms with van der Waals surface area (Å²) in [6.07, 6.45) is 10.8. The normalized spacial score (nSPS) is 47.8. The molecule has 0 aromatic rings. The predicted octanol–water partition coefficient (Wildman–Crippen LogP) is 3.47. The average molecular weight is 195 g/mol. The zero-order valence-corrected chi connectivity index (χ0v) is 9.81. The molecule has 82 valence electrons. The molecule has 2 aliphatic carbocycles. The van der Waals surface area contributed by atoms with E-state index in [1.54, 1.807) is 0 Å². The molecular formula is C13H25N. The van der Waals surface area contributed by atoms with Crippen molar-refractivity contribution in [1.29, 1.82) is 0 Å². The van der Waals surface area contributed by atoms with Gasteiger partial charge in [0.2, 0.25) is 0 Å². The molecule has 2 bridgehead atoms. The van der Waals surface area contributed by atoms with Gasteiger partial charge >= 0.3 is 0 Å². The lowest BCUT2D eigenvalue weighted by Crippen LogP contribution is -2.51. The van der Waals surface area contributed by atoms with Gasteiger partial charge in [0.15, 0.2) is 0 Å². The Hall–Kier alpha value is -0.0400. The molecule has 0 amide bonds. The maximum Gasteiger partial charge on any atom is 0.0162 e. The molecule has 2 fully saturated rings. The van der Waals surface area contributed by atoms with Crippen LogP contribution in [0.15, 0.2) is 0 Å². The maximum atomic E-state index is 6.55. The first kappa shape index (κ1) is 10.5. The smallest absolute Gasteiger partial charge is 0.0162 e. The molecule has 1 nitrogen and oxygen atoms in total. The number of hydrogen-bond donors (Lipinski definition) is 1. The standard InChI is InChI=1S/C13H25N/c1-3-6-13(14)9-11-5-4-7-12(2,8-11)10-13/h11H,3-10,14H2,1-2H3. The quantitative estimate of drug-likeness (QED) is 0.717. The summed E-state index contributed by atoms with van der Waals surface area (Å²) >= 11 is 0. The van der Waals surface area contributed by atoms with Crippen LogP contribution in [0.4, 0.5) is 0 Å². The molecule has 0 aromatic heterocycles. The van der Waals surface area contributed by atoms with Gasteiger partial charge in [0.25, 0.3) is 0 Å². The van der Waals surface area contributed by atoms with Gasteiger partial charge in [0.05, 0.1) is 0 Å². The molecule has 0 aromatic carbocycles. The molecule has 0 saturated heterocycles. The van der Waals surface area contributed by atoms with Gasteiger partial charge in [-0.1, -0.05) is 33.1 Å². The van der Waals surface area contributed by atoms with Gasteiger partial charge in [-0.05, 0) is 43.4 Å². The third kappa shape index (κ3) is 1.98. The third-order valence-electron chi connectivity index (χ3n) is 4.40. The Labute approximate surface area is 88.4 Å². The third-order valence-corrected chi connectivity index (χ3v) is 4.40. The van der Waals surface area contributed by atoms with E-state index in [0.29, 0.717) is 5.41 Å². The van der Waals surface area contributed by atoms with Crippen LogP contribution in [0.2, 0.25) is 0 Å². The molecule has 0 spiro atoms. The summed E-state index contributed by atoms with van der Waals surface area (Å²) in [4.78, 5) is 0. The van der Waals surface area contributed by atoms with E-state index in [1.165, 1.54) is 51.4 Å². The highest BCUT2D eigenvalue weighted by Gasteiger charge is 2.45. The average Bonchev–Trinajstić information content (AvgIpc) is 2.00. The van der Waals surface area contributed by atoms with Gasteiger partial charge in [0.1, 0.15) is 0 Å². The molecule has 2 N–H and O–H groups in total. The van der Waals surface area contributed by atoms with Crippen LogP contribution in [0.5, 0.6) is 0 Å². The van der Waals surface area contributed by atoms with Crippen molar-refractivity contribution < 1.29 is 0 Å². The number of hydrogen-bond acceptors (Lipinski definition) is 1. The van der Waals surface area contributed by atoms with Gasteiger partial charge < -0.3 is 5.73 Å². The molecule has 0 aliphatic heterocycles. The molecule has 14 heavy (non-hydrogen) atoms. The van der Waals surface area contributed by atoms with E-state index in [2.05, 4.69) is 13.8 Å². The summed E-state index contributed by atoms with van der Waals surface area (Å²) in [5.74, 6) is 0.944. The van der Waals surface area contributed by atoms with Crippen molar-refractivity contribution in [2.75, 3.05) is 0 Å². The summed E-state index contributed by atoms with van der Waals surface area (Å²) in [5, 5.41) is 0. The van der Waals surface area contributed by atoms with E-state index in [1.807, 2.05) is 0 Å². The van der Waals surface area contributed by atoms with Crippen LogP contribution in [0.3, 0.4) is 0 Å². The van der Waals surface area contributed by atoms with Crippen molar-refractivity contribution >= 4 is 0 Å². The highest BCUT2D eigenvalue weighted by atomic mass is 14.8. The molecule has 2 aliphatic rings. The number of fused-ring (bicyclic) bond motifs is 2. The highest BCUT2D eigenvalue weighted by molar-refractivity contribution is 5.00. The van der Waals surface area contributed by atoms with E-state index in [4.69, 9.17) is 5.73 Å². The van der Waals surface area contributed by atoms with Crippen molar-refractivity contribution in [1.82, 2.24) is 0 Å². The second-order valence-electron chi connectivity index (χ2n) is 6.27. The van der Waals surface area contributed by atoms with E-state index in [-0.39, 0.29) is 5.54 Å². The first-order valence-electron chi connectivity index (χ1n) is 6.34. The minimum absolute atomic E-state index is 0.187. The molecule has 0 heterocycles. The van der Waals surface area contributed by atoms with Crippen LogP contribution in [0, 0.1) is 11.3 Å². The first-order valence-corrected chi connectivity index (χ1v) is 6.34. The SMILES string of the molecule is CCCC1(N)CC2CCCC(C)(C2)C1. The van der Waals surface area contributed by atoms with Gasteiger partial charge in [-0.15, -0.1) is 0 Å². The van der Waals surface area contributed by atoms with Crippen molar-refractivity contribution in [3.8, 4) is 0 Å². The summed E-state index contributed by atoms with van der Waals surface area (Å²) in [5.41, 5.74) is 7.32. The maximum absolute atomic E-state index is 6.55. The van der Waals surface area contributed by atoms with Gasteiger partial charge in [-0.3, -0.25) is 0 Å². The fourth-order valence-electron chi connectivity index (χ4n) is 4.24. The Morgan fingerprint density at radius 3 is 2.79 bits per heavy atom. The summed E-state index contributed by atoms with van der Waals surface area (Å²) in [6, 6.07) is 0. The van der Waals surface area contributed by atoms with Gasteiger partial charge in [-0.2, -0.15) is 0 Å². The Morgan fingerprint density at radius 2 is 2.14 bits per heavy atom. The molecular weight excluding hydrogens is 170 g/mol. The lowest BCUT2D eigenvalue weighted by Gasteiger charge is -2.51. The summed E-state index contributed by atoms with van der Waals surface area (Å²) in [6.45, 7) is 4.73. The van der Waals surface area contributed by atoms with Gasteiger partial charge in [-0.25, -0.2) is 0 Å². The Balaban J connectivity index is 2.10. The largest absolute Gasteiger partial charge is 0.325 e. The van der Waals surface area contributed by atoms with Crippen molar-refractivity contribution in [3.05, 3.63) is 0 Å². The Morgan fingerprint density at radius 1 is 1.36 bits per heavy atom. The van der Waals surface area contributed by atoms with Crippen LogP contribution in [-0.4, -0.2) is 5.54 Å². The van der Waals surface area contributed by atoms with Crippen molar-refractivity contribution in [3.63, 3.8) is 0 Å². The molecule has 0 radical (unpaired) electrons. The van der Waals surface area contributed by atoms with Crippen molar-refractivity contribution in [2.24, 2.45) is 17.1 Å². The van der Waals surface area contributed by atoms with Crippen LogP contribution in [-0.2, 0) is 0 Å². The first-order chi connectivity index (χ1) is 6.55. The minimum Gasteiger partial charge on any atom is -0.325 e. The van der Waals surface area contributed by atoms with E-state index < -0.39 is 0 Å². The minimum atomic E-state index is 0.187. The molecule has 1 heteroatoms. The van der Waals surface area contributed by atoms with Crippen LogP contribution in [0.25, 0.3) is 0 Å². The van der Waals surface area contributed by atoms with Crippen LogP contribution >= 0.6 is 0 Å². The number of rotatable bonds is 2. The van der Waals surface area contributed by atoms with E-state index in [0.717, 1.165) is 5.92 Å². The molecule has 3 unspecified atom stereocenters. The topological polar surface area (TPSA) is 26.0 Å². The fraction of sp³-hybridized carbons (Fsp3) is 1.00. The second kappa shape index (κ2) is 3.52. The number of nitrogens with two attached hydrogens (primary N) is 1. The molecule has 2 rings (SSSR count).